The van der Waals surface area contributed by atoms with E-state index in [9.17, 15) is 0 Å². The summed E-state index contributed by atoms with van der Waals surface area (Å²) in [6, 6.07) is 0. The molecule has 0 amide bonds. The maximum Gasteiger partial charge on any atom is 0.0795 e. The molecule has 1 aromatic heterocycles. The fraction of sp³-hybridized carbons (Fsp3) is 0.286. The van der Waals surface area contributed by atoms with Crippen LogP contribution in [0.2, 0.25) is 0 Å². The first-order chi connectivity index (χ1) is 4.34. The molecule has 0 bridgehead atoms. The van der Waals surface area contributed by atoms with Crippen molar-refractivity contribution in [3.8, 4) is 12.3 Å². The van der Waals surface area contributed by atoms with Gasteiger partial charge in [0.05, 0.1) is 17.1 Å². The second-order valence-electron chi connectivity index (χ2n) is 1.80. The quantitative estimate of drug-likeness (QED) is 0.538. The van der Waals surface area contributed by atoms with E-state index in [4.69, 9.17) is 6.42 Å². The summed E-state index contributed by atoms with van der Waals surface area (Å²) in [5, 5.41) is 1.98. The summed E-state index contributed by atoms with van der Waals surface area (Å²) in [5.74, 6) is 2.77. The molecule has 0 spiro atoms. The fourth-order valence-corrected chi connectivity index (χ4v) is 1.17. The molecular weight excluding hydrogens is 130 g/mol. The van der Waals surface area contributed by atoms with Crippen LogP contribution in [0.25, 0.3) is 0 Å². The molecule has 1 atom stereocenters. The van der Waals surface area contributed by atoms with Gasteiger partial charge in [-0.05, 0) is 6.92 Å². The van der Waals surface area contributed by atoms with Gasteiger partial charge in [-0.15, -0.1) is 17.8 Å². The Labute approximate surface area is 58.8 Å². The van der Waals surface area contributed by atoms with E-state index in [-0.39, 0.29) is 5.92 Å². The highest BCUT2D eigenvalue weighted by atomic mass is 32.1. The SMILES string of the molecule is C#C[C@@H](C)c1cscn1. The molecule has 0 fully saturated rings. The lowest BCUT2D eigenvalue weighted by atomic mass is 10.1. The third-order valence-electron chi connectivity index (χ3n) is 1.15. The number of aromatic nitrogens is 1. The van der Waals surface area contributed by atoms with Gasteiger partial charge in [0.15, 0.2) is 0 Å². The van der Waals surface area contributed by atoms with Crippen LogP contribution in [0, 0.1) is 12.3 Å². The molecule has 0 saturated carbocycles. The molecule has 0 aliphatic carbocycles. The lowest BCUT2D eigenvalue weighted by Gasteiger charge is -1.94. The van der Waals surface area contributed by atoms with E-state index in [1.54, 1.807) is 16.8 Å². The van der Waals surface area contributed by atoms with Crippen LogP contribution in [0.4, 0.5) is 0 Å². The van der Waals surface area contributed by atoms with E-state index in [1.807, 2.05) is 12.3 Å². The Morgan fingerprint density at radius 1 is 1.89 bits per heavy atom. The Bertz CT molecular complexity index is 207. The maximum absolute atomic E-state index is 5.18. The van der Waals surface area contributed by atoms with Gasteiger partial charge in [0.25, 0.3) is 0 Å². The Hall–Kier alpha value is -0.810. The van der Waals surface area contributed by atoms with Gasteiger partial charge in [0.1, 0.15) is 0 Å². The molecule has 1 heterocycles. The average Bonchev–Trinajstić information content (AvgIpc) is 2.37. The Kier molecular flexibility index (Phi) is 1.86. The zero-order valence-corrected chi connectivity index (χ0v) is 5.98. The van der Waals surface area contributed by atoms with Crippen molar-refractivity contribution in [1.82, 2.24) is 4.98 Å². The van der Waals surface area contributed by atoms with Crippen LogP contribution in [0.3, 0.4) is 0 Å². The molecule has 0 unspecified atom stereocenters. The number of thiazole rings is 1. The average molecular weight is 137 g/mol. The minimum atomic E-state index is 0.163. The van der Waals surface area contributed by atoms with E-state index in [0.717, 1.165) is 5.69 Å². The van der Waals surface area contributed by atoms with Crippen molar-refractivity contribution in [2.45, 2.75) is 12.8 Å². The largest absolute Gasteiger partial charge is 0.248 e. The number of rotatable bonds is 1. The summed E-state index contributed by atoms with van der Waals surface area (Å²) < 4.78 is 0. The van der Waals surface area contributed by atoms with Crippen molar-refractivity contribution < 1.29 is 0 Å². The van der Waals surface area contributed by atoms with Gasteiger partial charge in [-0.25, -0.2) is 4.98 Å². The zero-order valence-electron chi connectivity index (χ0n) is 5.16. The first-order valence-electron chi connectivity index (χ1n) is 2.69. The fourth-order valence-electron chi connectivity index (χ4n) is 0.521. The standard InChI is InChI=1S/C7H7NS/c1-3-6(2)7-4-9-5-8-7/h1,4-6H,2H3/t6-/m1/s1. The number of terminal acetylenes is 1. The Balaban J connectivity index is 2.80. The molecule has 0 aromatic carbocycles. The molecule has 1 aromatic rings. The monoisotopic (exact) mass is 137 g/mol. The third kappa shape index (κ3) is 1.30. The van der Waals surface area contributed by atoms with E-state index >= 15 is 0 Å². The van der Waals surface area contributed by atoms with Gasteiger partial charge in [0, 0.05) is 5.38 Å². The molecule has 9 heavy (non-hydrogen) atoms. The van der Waals surface area contributed by atoms with Crippen LogP contribution in [0.15, 0.2) is 10.9 Å². The van der Waals surface area contributed by atoms with Crippen molar-refractivity contribution in [3.05, 3.63) is 16.6 Å². The molecule has 0 N–H and O–H groups in total. The maximum atomic E-state index is 5.18. The molecule has 2 heteroatoms. The van der Waals surface area contributed by atoms with Crippen molar-refractivity contribution in [2.75, 3.05) is 0 Å². The minimum absolute atomic E-state index is 0.163. The van der Waals surface area contributed by atoms with Crippen LogP contribution < -0.4 is 0 Å². The van der Waals surface area contributed by atoms with Gasteiger partial charge in [-0.2, -0.15) is 0 Å². The lowest BCUT2D eigenvalue weighted by Crippen LogP contribution is -1.86. The molecule has 0 saturated heterocycles. The van der Waals surface area contributed by atoms with E-state index in [2.05, 4.69) is 10.9 Å². The smallest absolute Gasteiger partial charge is 0.0795 e. The number of nitrogens with zero attached hydrogens (tertiary/aromatic N) is 1. The summed E-state index contributed by atoms with van der Waals surface area (Å²) in [7, 11) is 0. The Morgan fingerprint density at radius 3 is 3.11 bits per heavy atom. The van der Waals surface area contributed by atoms with Gasteiger partial charge in [-0.3, -0.25) is 0 Å². The summed E-state index contributed by atoms with van der Waals surface area (Å²) in [4.78, 5) is 4.06. The first-order valence-corrected chi connectivity index (χ1v) is 3.63. The second-order valence-corrected chi connectivity index (χ2v) is 2.52. The van der Waals surface area contributed by atoms with Crippen LogP contribution in [0.5, 0.6) is 0 Å². The van der Waals surface area contributed by atoms with Crippen LogP contribution >= 0.6 is 11.3 Å². The van der Waals surface area contributed by atoms with Crippen molar-refractivity contribution in [2.24, 2.45) is 0 Å². The van der Waals surface area contributed by atoms with Crippen molar-refractivity contribution in [1.29, 1.82) is 0 Å². The summed E-state index contributed by atoms with van der Waals surface area (Å²) in [5.41, 5.74) is 2.80. The minimum Gasteiger partial charge on any atom is -0.248 e. The lowest BCUT2D eigenvalue weighted by molar-refractivity contribution is 0.954. The van der Waals surface area contributed by atoms with E-state index in [1.165, 1.54) is 0 Å². The van der Waals surface area contributed by atoms with Gasteiger partial charge in [-0.1, -0.05) is 5.92 Å². The van der Waals surface area contributed by atoms with Crippen LogP contribution in [-0.4, -0.2) is 4.98 Å². The molecule has 0 aliphatic rings. The zero-order chi connectivity index (χ0) is 6.69. The van der Waals surface area contributed by atoms with Gasteiger partial charge >= 0.3 is 0 Å². The summed E-state index contributed by atoms with van der Waals surface area (Å²) >= 11 is 1.58. The van der Waals surface area contributed by atoms with Crippen molar-refractivity contribution in [3.63, 3.8) is 0 Å². The van der Waals surface area contributed by atoms with Crippen LogP contribution in [0.1, 0.15) is 18.5 Å². The van der Waals surface area contributed by atoms with E-state index < -0.39 is 0 Å². The number of hydrogen-bond acceptors (Lipinski definition) is 2. The molecule has 0 aliphatic heterocycles. The van der Waals surface area contributed by atoms with E-state index in [0.29, 0.717) is 0 Å². The summed E-state index contributed by atoms with van der Waals surface area (Å²) in [6.45, 7) is 1.97. The molecule has 0 radical (unpaired) electrons. The molecule has 1 nitrogen and oxygen atoms in total. The highest BCUT2D eigenvalue weighted by Crippen LogP contribution is 2.12. The van der Waals surface area contributed by atoms with Gasteiger partial charge < -0.3 is 0 Å². The van der Waals surface area contributed by atoms with Gasteiger partial charge in [0.2, 0.25) is 0 Å². The third-order valence-corrected chi connectivity index (χ3v) is 1.75. The molecule has 1 rings (SSSR count). The second kappa shape index (κ2) is 2.65. The first kappa shape index (κ1) is 6.31. The van der Waals surface area contributed by atoms with Crippen LogP contribution in [-0.2, 0) is 0 Å². The Morgan fingerprint density at radius 2 is 2.67 bits per heavy atom. The molecular formula is C7H7NS. The predicted molar refractivity (Wildman–Crippen MR) is 39.4 cm³/mol. The predicted octanol–water partition coefficient (Wildman–Crippen LogP) is 1.88. The topological polar surface area (TPSA) is 12.9 Å². The number of hydrogen-bond donors (Lipinski definition) is 0. The molecule has 46 valence electrons. The highest BCUT2D eigenvalue weighted by Gasteiger charge is 2.00. The highest BCUT2D eigenvalue weighted by molar-refractivity contribution is 7.07. The summed E-state index contributed by atoms with van der Waals surface area (Å²) in [6.07, 6.45) is 5.18. The van der Waals surface area contributed by atoms with Crippen molar-refractivity contribution >= 4 is 11.3 Å². The normalized spacial score (nSPS) is 12.4.